The highest BCUT2D eigenvalue weighted by atomic mass is 32.1. The van der Waals surface area contributed by atoms with Gasteiger partial charge in [0.05, 0.1) is 12.7 Å². The molecule has 1 aromatic heterocycles. The number of nitrogens with one attached hydrogen (secondary N) is 1. The first-order chi connectivity index (χ1) is 10.1. The van der Waals surface area contributed by atoms with Crippen molar-refractivity contribution in [3.8, 4) is 6.07 Å². The standard InChI is InChI=1S/C15H18N2O3S/c1-9-11(8-16)14(21-12(9)15(19)20-2)17-13(18)10-6-4-3-5-7-10/h10H,3-7H2,1-2H3,(H,17,18). The van der Waals surface area contributed by atoms with E-state index in [9.17, 15) is 14.9 Å². The molecule has 1 aliphatic carbocycles. The zero-order chi connectivity index (χ0) is 15.4. The molecule has 21 heavy (non-hydrogen) atoms. The molecule has 0 saturated heterocycles. The summed E-state index contributed by atoms with van der Waals surface area (Å²) in [6.45, 7) is 1.69. The third-order valence-electron chi connectivity index (χ3n) is 3.84. The summed E-state index contributed by atoms with van der Waals surface area (Å²) >= 11 is 1.11. The third-order valence-corrected chi connectivity index (χ3v) is 5.03. The van der Waals surface area contributed by atoms with Crippen LogP contribution < -0.4 is 5.32 Å². The highest BCUT2D eigenvalue weighted by molar-refractivity contribution is 7.18. The van der Waals surface area contributed by atoms with Crippen molar-refractivity contribution in [1.29, 1.82) is 5.26 Å². The minimum absolute atomic E-state index is 0.00859. The summed E-state index contributed by atoms with van der Waals surface area (Å²) < 4.78 is 4.70. The maximum absolute atomic E-state index is 12.3. The van der Waals surface area contributed by atoms with Crippen molar-refractivity contribution < 1.29 is 14.3 Å². The van der Waals surface area contributed by atoms with Crippen LogP contribution in [0, 0.1) is 24.2 Å². The highest BCUT2D eigenvalue weighted by Crippen LogP contribution is 2.34. The Morgan fingerprint density at radius 1 is 1.33 bits per heavy atom. The molecule has 5 nitrogen and oxygen atoms in total. The lowest BCUT2D eigenvalue weighted by Gasteiger charge is -2.20. The average molecular weight is 306 g/mol. The number of carbonyl (C=O) groups excluding carboxylic acids is 2. The van der Waals surface area contributed by atoms with Crippen LogP contribution in [-0.2, 0) is 9.53 Å². The summed E-state index contributed by atoms with van der Waals surface area (Å²) in [4.78, 5) is 24.3. The summed E-state index contributed by atoms with van der Waals surface area (Å²) in [5.41, 5.74) is 0.915. The van der Waals surface area contributed by atoms with Gasteiger partial charge in [0.15, 0.2) is 0 Å². The number of nitriles is 1. The molecule has 6 heteroatoms. The summed E-state index contributed by atoms with van der Waals surface area (Å²) in [7, 11) is 1.30. The van der Waals surface area contributed by atoms with Gasteiger partial charge in [-0.1, -0.05) is 19.3 Å². The topological polar surface area (TPSA) is 79.2 Å². The number of anilines is 1. The van der Waals surface area contributed by atoms with Crippen molar-refractivity contribution >= 4 is 28.2 Å². The van der Waals surface area contributed by atoms with Crippen molar-refractivity contribution in [3.63, 3.8) is 0 Å². The van der Waals surface area contributed by atoms with Crippen molar-refractivity contribution in [1.82, 2.24) is 0 Å². The third kappa shape index (κ3) is 3.24. The molecular weight excluding hydrogens is 288 g/mol. The maximum atomic E-state index is 12.3. The average Bonchev–Trinajstić information content (AvgIpc) is 2.83. The first kappa shape index (κ1) is 15.5. The van der Waals surface area contributed by atoms with Crippen molar-refractivity contribution in [2.75, 3.05) is 12.4 Å². The molecule has 0 aliphatic heterocycles. The van der Waals surface area contributed by atoms with Crippen molar-refractivity contribution in [2.45, 2.75) is 39.0 Å². The zero-order valence-electron chi connectivity index (χ0n) is 12.2. The number of esters is 1. The molecule has 1 amide bonds. The predicted octanol–water partition coefficient (Wildman–Crippen LogP) is 3.23. The molecule has 1 heterocycles. The van der Waals surface area contributed by atoms with E-state index in [1.807, 2.05) is 0 Å². The highest BCUT2D eigenvalue weighted by Gasteiger charge is 2.25. The Bertz CT molecular complexity index is 595. The number of carbonyl (C=O) groups is 2. The number of methoxy groups -OCH3 is 1. The van der Waals surface area contributed by atoms with Crippen LogP contribution in [-0.4, -0.2) is 19.0 Å². The van der Waals surface area contributed by atoms with Gasteiger partial charge in [-0.25, -0.2) is 4.79 Å². The molecule has 2 rings (SSSR count). The van der Waals surface area contributed by atoms with Crippen LogP contribution in [0.3, 0.4) is 0 Å². The fourth-order valence-corrected chi connectivity index (χ4v) is 3.68. The van der Waals surface area contributed by atoms with E-state index in [1.54, 1.807) is 6.92 Å². The zero-order valence-corrected chi connectivity index (χ0v) is 13.0. The number of amides is 1. The molecule has 1 saturated carbocycles. The fraction of sp³-hybridized carbons (Fsp3) is 0.533. The minimum Gasteiger partial charge on any atom is -0.465 e. The Balaban J connectivity index is 2.21. The summed E-state index contributed by atoms with van der Waals surface area (Å²) in [6, 6.07) is 2.06. The van der Waals surface area contributed by atoms with Gasteiger partial charge in [0.25, 0.3) is 0 Å². The SMILES string of the molecule is COC(=O)c1sc(NC(=O)C2CCCCC2)c(C#N)c1C. The van der Waals surface area contributed by atoms with E-state index in [0.717, 1.165) is 37.0 Å². The second-order valence-electron chi connectivity index (χ2n) is 5.19. The molecule has 1 aliphatic rings. The number of hydrogen-bond donors (Lipinski definition) is 1. The first-order valence-electron chi connectivity index (χ1n) is 7.01. The Kier molecular flexibility index (Phi) is 4.97. The molecule has 1 fully saturated rings. The first-order valence-corrected chi connectivity index (χ1v) is 7.82. The van der Waals surface area contributed by atoms with Gasteiger partial charge in [-0.2, -0.15) is 5.26 Å². The summed E-state index contributed by atoms with van der Waals surface area (Å²) in [6.07, 6.45) is 5.10. The van der Waals surface area contributed by atoms with Crippen LogP contribution in [0.15, 0.2) is 0 Å². The van der Waals surface area contributed by atoms with Crippen LogP contribution in [0.2, 0.25) is 0 Å². The van der Waals surface area contributed by atoms with Crippen molar-refractivity contribution in [3.05, 3.63) is 16.0 Å². The van der Waals surface area contributed by atoms with E-state index < -0.39 is 5.97 Å². The summed E-state index contributed by atoms with van der Waals surface area (Å²) in [5, 5.41) is 12.5. The lowest BCUT2D eigenvalue weighted by Crippen LogP contribution is -2.24. The Hall–Kier alpha value is -1.87. The van der Waals surface area contributed by atoms with Gasteiger partial charge < -0.3 is 10.1 Å². The minimum atomic E-state index is -0.479. The molecule has 0 aromatic carbocycles. The quantitative estimate of drug-likeness (QED) is 0.869. The Labute approximate surface area is 127 Å². The number of nitrogens with zero attached hydrogens (tertiary/aromatic N) is 1. The summed E-state index contributed by atoms with van der Waals surface area (Å²) in [5.74, 6) is -0.523. The van der Waals surface area contributed by atoms with Crippen LogP contribution in [0.1, 0.15) is 52.9 Å². The number of thiophene rings is 1. The monoisotopic (exact) mass is 306 g/mol. The van der Waals surface area contributed by atoms with Gasteiger partial charge in [0.2, 0.25) is 5.91 Å². The normalized spacial score (nSPS) is 15.3. The number of ether oxygens (including phenoxy) is 1. The molecular formula is C15H18N2O3S. The largest absolute Gasteiger partial charge is 0.465 e. The Morgan fingerprint density at radius 2 is 2.00 bits per heavy atom. The van der Waals surface area contributed by atoms with E-state index in [-0.39, 0.29) is 11.8 Å². The van der Waals surface area contributed by atoms with Gasteiger partial charge in [-0.05, 0) is 25.3 Å². The van der Waals surface area contributed by atoms with E-state index >= 15 is 0 Å². The van der Waals surface area contributed by atoms with E-state index in [0.29, 0.717) is 21.0 Å². The molecule has 0 spiro atoms. The lowest BCUT2D eigenvalue weighted by molar-refractivity contribution is -0.120. The van der Waals surface area contributed by atoms with Crippen molar-refractivity contribution in [2.24, 2.45) is 5.92 Å². The van der Waals surface area contributed by atoms with Gasteiger partial charge >= 0.3 is 5.97 Å². The molecule has 112 valence electrons. The maximum Gasteiger partial charge on any atom is 0.348 e. The lowest BCUT2D eigenvalue weighted by atomic mass is 9.89. The van der Waals surface area contributed by atoms with Gasteiger partial charge in [0, 0.05) is 5.92 Å². The smallest absolute Gasteiger partial charge is 0.348 e. The molecule has 0 atom stereocenters. The van der Waals surface area contributed by atoms with Crippen LogP contribution >= 0.6 is 11.3 Å². The van der Waals surface area contributed by atoms with Gasteiger partial charge in [-0.15, -0.1) is 11.3 Å². The van der Waals surface area contributed by atoms with E-state index in [2.05, 4.69) is 11.4 Å². The molecule has 1 aromatic rings. The molecule has 0 bridgehead atoms. The van der Waals surface area contributed by atoms with Gasteiger partial charge in [-0.3, -0.25) is 4.79 Å². The Morgan fingerprint density at radius 3 is 2.57 bits per heavy atom. The molecule has 0 radical (unpaired) electrons. The number of hydrogen-bond acceptors (Lipinski definition) is 5. The van der Waals surface area contributed by atoms with Crippen LogP contribution in [0.4, 0.5) is 5.00 Å². The predicted molar refractivity (Wildman–Crippen MR) is 80.3 cm³/mol. The molecule has 1 N–H and O–H groups in total. The fourth-order valence-electron chi connectivity index (χ4n) is 2.60. The van der Waals surface area contributed by atoms with E-state index in [4.69, 9.17) is 4.74 Å². The second-order valence-corrected chi connectivity index (χ2v) is 6.21. The second kappa shape index (κ2) is 6.72. The van der Waals surface area contributed by atoms with Crippen LogP contribution in [0.5, 0.6) is 0 Å². The van der Waals surface area contributed by atoms with Crippen LogP contribution in [0.25, 0.3) is 0 Å². The number of rotatable bonds is 3. The van der Waals surface area contributed by atoms with E-state index in [1.165, 1.54) is 13.5 Å². The van der Waals surface area contributed by atoms with Gasteiger partial charge in [0.1, 0.15) is 15.9 Å². The molecule has 0 unspecified atom stereocenters.